The predicted molar refractivity (Wildman–Crippen MR) is 82.3 cm³/mol. The zero-order valence-corrected chi connectivity index (χ0v) is 13.2. The Morgan fingerprint density at radius 2 is 2.26 bits per heavy atom. The molecule has 1 heterocycles. The Morgan fingerprint density at radius 1 is 1.47 bits per heavy atom. The summed E-state index contributed by atoms with van der Waals surface area (Å²) in [5.41, 5.74) is -0.0875. The van der Waals surface area contributed by atoms with Crippen molar-refractivity contribution < 1.29 is 5.11 Å². The van der Waals surface area contributed by atoms with Crippen molar-refractivity contribution in [2.45, 2.75) is 52.1 Å². The predicted octanol–water partition coefficient (Wildman–Crippen LogP) is 3.66. The van der Waals surface area contributed by atoms with Gasteiger partial charge in [0, 0.05) is 17.0 Å². The van der Waals surface area contributed by atoms with E-state index in [1.165, 1.54) is 17.7 Å². The van der Waals surface area contributed by atoms with Gasteiger partial charge in [0.25, 0.3) is 0 Å². The van der Waals surface area contributed by atoms with Crippen LogP contribution in [0.25, 0.3) is 0 Å². The molecule has 1 fully saturated rings. The largest absolute Gasteiger partial charge is 0.394 e. The molecular formula is C16H27NOS. The lowest BCUT2D eigenvalue weighted by Crippen LogP contribution is -2.58. The molecule has 108 valence electrons. The molecule has 1 aromatic rings. The second-order valence-electron chi connectivity index (χ2n) is 6.48. The number of thiophene rings is 1. The number of hydrogen-bond donors (Lipinski definition) is 2. The Morgan fingerprint density at radius 3 is 2.84 bits per heavy atom. The lowest BCUT2D eigenvalue weighted by molar-refractivity contribution is 0.0224. The van der Waals surface area contributed by atoms with Crippen LogP contribution in [0.15, 0.2) is 17.5 Å². The van der Waals surface area contributed by atoms with Crippen LogP contribution in [0.5, 0.6) is 0 Å². The molecule has 2 rings (SSSR count). The third-order valence-electron chi connectivity index (χ3n) is 4.67. The van der Waals surface area contributed by atoms with E-state index in [2.05, 4.69) is 43.6 Å². The number of aliphatic hydroxyl groups is 1. The molecule has 1 saturated carbocycles. The van der Waals surface area contributed by atoms with Gasteiger partial charge in [-0.15, -0.1) is 11.3 Å². The Hall–Kier alpha value is -0.380. The average Bonchev–Trinajstić information content (AvgIpc) is 2.89. The smallest absolute Gasteiger partial charge is 0.0616 e. The molecule has 1 aromatic heterocycles. The quantitative estimate of drug-likeness (QED) is 0.863. The van der Waals surface area contributed by atoms with Crippen molar-refractivity contribution in [3.8, 4) is 0 Å². The van der Waals surface area contributed by atoms with Gasteiger partial charge in [-0.1, -0.05) is 33.3 Å². The topological polar surface area (TPSA) is 32.3 Å². The molecule has 19 heavy (non-hydrogen) atoms. The van der Waals surface area contributed by atoms with E-state index in [4.69, 9.17) is 0 Å². The van der Waals surface area contributed by atoms with Crippen molar-refractivity contribution in [3.05, 3.63) is 22.4 Å². The summed E-state index contributed by atoms with van der Waals surface area (Å²) in [5, 5.41) is 15.9. The van der Waals surface area contributed by atoms with Crippen LogP contribution < -0.4 is 5.32 Å². The van der Waals surface area contributed by atoms with Gasteiger partial charge in [-0.3, -0.25) is 0 Å². The molecule has 0 aromatic carbocycles. The summed E-state index contributed by atoms with van der Waals surface area (Å²) >= 11 is 1.79. The second-order valence-corrected chi connectivity index (χ2v) is 7.52. The Balaban J connectivity index is 2.11. The molecule has 1 aliphatic rings. The SMILES string of the molecule is CC1CCC(C(C)C)C(CO)(NCc2cccs2)C1. The van der Waals surface area contributed by atoms with Gasteiger partial charge in [-0.25, -0.2) is 0 Å². The van der Waals surface area contributed by atoms with Gasteiger partial charge >= 0.3 is 0 Å². The zero-order valence-electron chi connectivity index (χ0n) is 12.4. The Bertz CT molecular complexity index is 376. The van der Waals surface area contributed by atoms with E-state index in [1.54, 1.807) is 11.3 Å². The summed E-state index contributed by atoms with van der Waals surface area (Å²) in [6.07, 6.45) is 3.62. The molecule has 0 aliphatic heterocycles. The first-order valence-corrected chi connectivity index (χ1v) is 8.33. The fourth-order valence-corrected chi connectivity index (χ4v) is 4.35. The van der Waals surface area contributed by atoms with Crippen LogP contribution in [0.4, 0.5) is 0 Å². The highest BCUT2D eigenvalue weighted by Gasteiger charge is 2.43. The minimum absolute atomic E-state index is 0.0875. The summed E-state index contributed by atoms with van der Waals surface area (Å²) in [7, 11) is 0. The van der Waals surface area contributed by atoms with Crippen molar-refractivity contribution in [3.63, 3.8) is 0 Å². The van der Waals surface area contributed by atoms with Gasteiger partial charge in [0.1, 0.15) is 0 Å². The van der Waals surface area contributed by atoms with E-state index in [0.717, 1.165) is 13.0 Å². The van der Waals surface area contributed by atoms with E-state index < -0.39 is 0 Å². The highest BCUT2D eigenvalue weighted by Crippen LogP contribution is 2.41. The first-order chi connectivity index (χ1) is 9.07. The van der Waals surface area contributed by atoms with E-state index in [1.807, 2.05) is 0 Å². The lowest BCUT2D eigenvalue weighted by atomic mass is 9.65. The van der Waals surface area contributed by atoms with Crippen LogP contribution in [-0.4, -0.2) is 17.3 Å². The van der Waals surface area contributed by atoms with Gasteiger partial charge in [0.05, 0.1) is 6.61 Å². The first-order valence-electron chi connectivity index (χ1n) is 7.45. The van der Waals surface area contributed by atoms with E-state index in [9.17, 15) is 5.11 Å². The van der Waals surface area contributed by atoms with Gasteiger partial charge in [-0.05, 0) is 42.0 Å². The first kappa shape index (κ1) is 15.0. The maximum Gasteiger partial charge on any atom is 0.0616 e. The molecule has 2 N–H and O–H groups in total. The van der Waals surface area contributed by atoms with Crippen LogP contribution in [0.3, 0.4) is 0 Å². The third kappa shape index (κ3) is 3.39. The molecule has 0 radical (unpaired) electrons. The molecule has 3 heteroatoms. The number of rotatable bonds is 5. The van der Waals surface area contributed by atoms with Gasteiger partial charge in [-0.2, -0.15) is 0 Å². The molecule has 1 aliphatic carbocycles. The minimum Gasteiger partial charge on any atom is -0.394 e. The second kappa shape index (κ2) is 6.38. The maximum absolute atomic E-state index is 10.0. The van der Waals surface area contributed by atoms with Gasteiger partial charge in [0.15, 0.2) is 0 Å². The van der Waals surface area contributed by atoms with Crippen LogP contribution in [0.2, 0.25) is 0 Å². The monoisotopic (exact) mass is 281 g/mol. The summed E-state index contributed by atoms with van der Waals surface area (Å²) in [6.45, 7) is 8.03. The minimum atomic E-state index is -0.0875. The summed E-state index contributed by atoms with van der Waals surface area (Å²) < 4.78 is 0. The average molecular weight is 281 g/mol. The van der Waals surface area contributed by atoms with Crippen molar-refractivity contribution >= 4 is 11.3 Å². The Labute approximate surface area is 121 Å². The number of hydrogen-bond acceptors (Lipinski definition) is 3. The summed E-state index contributed by atoms with van der Waals surface area (Å²) in [6, 6.07) is 4.26. The molecule has 2 nitrogen and oxygen atoms in total. The summed E-state index contributed by atoms with van der Waals surface area (Å²) in [4.78, 5) is 1.36. The molecule has 0 bridgehead atoms. The van der Waals surface area contributed by atoms with E-state index >= 15 is 0 Å². The fourth-order valence-electron chi connectivity index (χ4n) is 3.70. The van der Waals surface area contributed by atoms with Crippen molar-refractivity contribution in [1.29, 1.82) is 0 Å². The standard InChI is InChI=1S/C16H27NOS/c1-12(2)15-7-6-13(3)9-16(15,11-18)17-10-14-5-4-8-19-14/h4-5,8,12-13,15,17-18H,6-7,9-11H2,1-3H3. The highest BCUT2D eigenvalue weighted by atomic mass is 32.1. The van der Waals surface area contributed by atoms with Gasteiger partial charge < -0.3 is 10.4 Å². The van der Waals surface area contributed by atoms with Crippen LogP contribution >= 0.6 is 11.3 Å². The summed E-state index contributed by atoms with van der Waals surface area (Å²) in [5.74, 6) is 1.90. The van der Waals surface area contributed by atoms with E-state index in [0.29, 0.717) is 17.8 Å². The van der Waals surface area contributed by atoms with E-state index in [-0.39, 0.29) is 12.1 Å². The highest BCUT2D eigenvalue weighted by molar-refractivity contribution is 7.09. The van der Waals surface area contributed by atoms with Crippen molar-refractivity contribution in [2.75, 3.05) is 6.61 Å². The molecule has 3 atom stereocenters. The fraction of sp³-hybridized carbons (Fsp3) is 0.750. The van der Waals surface area contributed by atoms with Crippen LogP contribution in [0, 0.1) is 17.8 Å². The van der Waals surface area contributed by atoms with Crippen molar-refractivity contribution in [2.24, 2.45) is 17.8 Å². The molecule has 0 amide bonds. The molecule has 0 spiro atoms. The Kier molecular flexibility index (Phi) is 5.04. The number of nitrogens with one attached hydrogen (secondary N) is 1. The maximum atomic E-state index is 10.0. The molecule has 3 unspecified atom stereocenters. The van der Waals surface area contributed by atoms with Crippen LogP contribution in [0.1, 0.15) is 44.9 Å². The number of aliphatic hydroxyl groups excluding tert-OH is 1. The molecular weight excluding hydrogens is 254 g/mol. The zero-order chi connectivity index (χ0) is 13.9. The normalized spacial score (nSPS) is 31.8. The van der Waals surface area contributed by atoms with Crippen LogP contribution in [-0.2, 0) is 6.54 Å². The lowest BCUT2D eigenvalue weighted by Gasteiger charge is -2.48. The molecule has 0 saturated heterocycles. The van der Waals surface area contributed by atoms with Crippen molar-refractivity contribution in [1.82, 2.24) is 5.32 Å². The third-order valence-corrected chi connectivity index (χ3v) is 5.55. The van der Waals surface area contributed by atoms with Gasteiger partial charge in [0.2, 0.25) is 0 Å².